The minimum absolute atomic E-state index is 0.135. The molecule has 8 nitrogen and oxygen atoms in total. The lowest BCUT2D eigenvalue weighted by atomic mass is 10.1. The molecular weight excluding hydrogens is 374 g/mol. The van der Waals surface area contributed by atoms with E-state index in [-0.39, 0.29) is 18.8 Å². The number of nitrogens with one attached hydrogen (secondary N) is 2. The van der Waals surface area contributed by atoms with E-state index in [0.29, 0.717) is 29.9 Å². The molecule has 0 saturated carbocycles. The summed E-state index contributed by atoms with van der Waals surface area (Å²) in [5.74, 6) is 0.934. The van der Waals surface area contributed by atoms with Crippen LogP contribution in [0.15, 0.2) is 41.2 Å². The van der Waals surface area contributed by atoms with Crippen LogP contribution in [0.25, 0.3) is 32.7 Å². The van der Waals surface area contributed by atoms with Crippen molar-refractivity contribution in [2.24, 2.45) is 0 Å². The van der Waals surface area contributed by atoms with Gasteiger partial charge in [-0.2, -0.15) is 0 Å². The number of unbranched alkanes of at least 4 members (excludes halogenated alkanes) is 1. The van der Waals surface area contributed by atoms with Gasteiger partial charge in [-0.25, -0.2) is 5.48 Å². The maximum atomic E-state index is 12.7. The van der Waals surface area contributed by atoms with Crippen molar-refractivity contribution >= 4 is 38.6 Å². The van der Waals surface area contributed by atoms with Crippen molar-refractivity contribution in [3.8, 4) is 11.5 Å². The third-order valence-electron chi connectivity index (χ3n) is 5.38. The van der Waals surface area contributed by atoms with E-state index >= 15 is 0 Å². The van der Waals surface area contributed by atoms with Crippen molar-refractivity contribution in [1.29, 1.82) is 0 Å². The summed E-state index contributed by atoms with van der Waals surface area (Å²) in [6.07, 6.45) is 1.60. The molecule has 0 unspecified atom stereocenters. The number of rotatable bonds is 5. The molecule has 3 heterocycles. The first kappa shape index (κ1) is 17.6. The molecule has 0 radical (unpaired) electrons. The van der Waals surface area contributed by atoms with E-state index in [9.17, 15) is 9.59 Å². The molecule has 148 valence electrons. The number of hydrogen-bond donors (Lipinski definition) is 3. The van der Waals surface area contributed by atoms with Crippen LogP contribution in [0.4, 0.5) is 0 Å². The number of pyridine rings is 1. The summed E-state index contributed by atoms with van der Waals surface area (Å²) in [5.41, 5.74) is 4.15. The lowest BCUT2D eigenvalue weighted by Crippen LogP contribution is -2.18. The number of hydrogen-bond acceptors (Lipinski definition) is 5. The maximum Gasteiger partial charge on any atom is 0.256 e. The van der Waals surface area contributed by atoms with Crippen LogP contribution >= 0.6 is 0 Å². The largest absolute Gasteiger partial charge is 0.454 e. The molecule has 0 bridgehead atoms. The van der Waals surface area contributed by atoms with Crippen molar-refractivity contribution in [3.63, 3.8) is 0 Å². The average Bonchev–Trinajstić information content (AvgIpc) is 3.32. The van der Waals surface area contributed by atoms with Gasteiger partial charge < -0.3 is 19.0 Å². The Kier molecular flexibility index (Phi) is 4.13. The van der Waals surface area contributed by atoms with Crippen LogP contribution in [0.3, 0.4) is 0 Å². The SMILES string of the molecule is O=C(CCCCn1c2cc3c(cc2c2[nH]c(=O)c4ccccc4c21)OCO3)NO. The smallest absolute Gasteiger partial charge is 0.256 e. The normalized spacial score (nSPS) is 12.9. The lowest BCUT2D eigenvalue weighted by molar-refractivity contribution is -0.129. The summed E-state index contributed by atoms with van der Waals surface area (Å²) >= 11 is 0. The molecule has 3 N–H and O–H groups in total. The van der Waals surface area contributed by atoms with E-state index in [1.807, 2.05) is 36.4 Å². The fourth-order valence-corrected chi connectivity index (χ4v) is 4.06. The second-order valence-corrected chi connectivity index (χ2v) is 7.09. The monoisotopic (exact) mass is 393 g/mol. The summed E-state index contributed by atoms with van der Waals surface area (Å²) in [6, 6.07) is 11.4. The lowest BCUT2D eigenvalue weighted by Gasteiger charge is -2.09. The number of carbonyl (C=O) groups excluding carboxylic acids is 1. The number of aromatic nitrogens is 2. The van der Waals surface area contributed by atoms with Crippen molar-refractivity contribution in [1.82, 2.24) is 15.0 Å². The Morgan fingerprint density at radius 2 is 1.86 bits per heavy atom. The predicted molar refractivity (Wildman–Crippen MR) is 107 cm³/mol. The van der Waals surface area contributed by atoms with Crippen LogP contribution < -0.4 is 20.5 Å². The van der Waals surface area contributed by atoms with Gasteiger partial charge in [0.1, 0.15) is 0 Å². The highest BCUT2D eigenvalue weighted by Crippen LogP contribution is 2.40. The van der Waals surface area contributed by atoms with Gasteiger partial charge in [0.05, 0.1) is 16.6 Å². The van der Waals surface area contributed by atoms with E-state index in [2.05, 4.69) is 9.55 Å². The molecule has 0 saturated heterocycles. The number of nitrogens with zero attached hydrogens (tertiary/aromatic N) is 1. The predicted octanol–water partition coefficient (Wildman–Crippen LogP) is 3.04. The molecule has 2 aromatic heterocycles. The van der Waals surface area contributed by atoms with Gasteiger partial charge in [0.2, 0.25) is 12.7 Å². The second kappa shape index (κ2) is 6.82. The summed E-state index contributed by atoms with van der Waals surface area (Å²) in [4.78, 5) is 27.0. The molecule has 0 aliphatic carbocycles. The number of fused-ring (bicyclic) bond motifs is 6. The highest BCUT2D eigenvalue weighted by molar-refractivity contribution is 6.16. The van der Waals surface area contributed by atoms with Gasteiger partial charge in [-0.1, -0.05) is 18.2 Å². The van der Waals surface area contributed by atoms with Gasteiger partial charge in [0.15, 0.2) is 11.5 Å². The maximum absolute atomic E-state index is 12.7. The van der Waals surface area contributed by atoms with E-state index in [1.165, 1.54) is 0 Å². The first-order valence-corrected chi connectivity index (χ1v) is 9.47. The summed E-state index contributed by atoms with van der Waals surface area (Å²) in [7, 11) is 0. The molecular formula is C21H19N3O5. The Labute approximate surface area is 164 Å². The molecule has 29 heavy (non-hydrogen) atoms. The molecule has 2 aromatic carbocycles. The molecule has 5 rings (SSSR count). The molecule has 1 aliphatic rings. The van der Waals surface area contributed by atoms with E-state index < -0.39 is 5.91 Å². The number of carbonyl (C=O) groups is 1. The van der Waals surface area contributed by atoms with Crippen LogP contribution in [0.5, 0.6) is 11.5 Å². The molecule has 1 amide bonds. The topological polar surface area (TPSA) is 106 Å². The quantitative estimate of drug-likeness (QED) is 0.275. The van der Waals surface area contributed by atoms with Crippen LogP contribution in [0, 0.1) is 0 Å². The van der Waals surface area contributed by atoms with Crippen LogP contribution in [-0.4, -0.2) is 27.5 Å². The number of aryl methyl sites for hydroxylation is 1. The Bertz CT molecular complexity index is 1320. The summed E-state index contributed by atoms with van der Waals surface area (Å²) in [6.45, 7) is 0.823. The third kappa shape index (κ3) is 2.80. The standard InChI is InChI=1S/C21H19N3O5/c25-18(23-27)7-3-4-8-24-15-10-17-16(28-11-29-17)9-14(15)19-20(24)12-5-1-2-6-13(12)21(26)22-19/h1-2,5-6,9-10,27H,3-4,7-8,11H2,(H,22,26)(H,23,25). The molecule has 0 atom stereocenters. The number of amides is 1. The molecule has 1 aliphatic heterocycles. The fourth-order valence-electron chi connectivity index (χ4n) is 4.06. The first-order chi connectivity index (χ1) is 14.2. The van der Waals surface area contributed by atoms with Crippen molar-refractivity contribution < 1.29 is 19.5 Å². The molecule has 4 aromatic rings. The van der Waals surface area contributed by atoms with Crippen molar-refractivity contribution in [3.05, 3.63) is 46.8 Å². The number of hydroxylamine groups is 1. The van der Waals surface area contributed by atoms with E-state index in [4.69, 9.17) is 14.7 Å². The Morgan fingerprint density at radius 1 is 1.10 bits per heavy atom. The molecule has 0 spiro atoms. The van der Waals surface area contributed by atoms with Gasteiger partial charge >= 0.3 is 0 Å². The zero-order chi connectivity index (χ0) is 20.0. The van der Waals surface area contributed by atoms with Crippen LogP contribution in [0.2, 0.25) is 0 Å². The molecule has 8 heteroatoms. The van der Waals surface area contributed by atoms with Crippen LogP contribution in [0.1, 0.15) is 19.3 Å². The average molecular weight is 393 g/mol. The number of H-pyrrole nitrogens is 1. The van der Waals surface area contributed by atoms with Gasteiger partial charge in [-0.3, -0.25) is 14.8 Å². The fraction of sp³-hybridized carbons (Fsp3) is 0.238. The third-order valence-corrected chi connectivity index (χ3v) is 5.38. The molecule has 0 fully saturated rings. The Morgan fingerprint density at radius 3 is 2.66 bits per heavy atom. The van der Waals surface area contributed by atoms with Gasteiger partial charge in [-0.05, 0) is 25.0 Å². The minimum atomic E-state index is -0.398. The zero-order valence-electron chi connectivity index (χ0n) is 15.5. The summed E-state index contributed by atoms with van der Waals surface area (Å²) < 4.78 is 13.2. The first-order valence-electron chi connectivity index (χ1n) is 9.47. The highest BCUT2D eigenvalue weighted by Gasteiger charge is 2.21. The second-order valence-electron chi connectivity index (χ2n) is 7.09. The summed E-state index contributed by atoms with van der Waals surface area (Å²) in [5, 5.41) is 11.1. The zero-order valence-corrected chi connectivity index (χ0v) is 15.5. The van der Waals surface area contributed by atoms with Gasteiger partial charge in [0.25, 0.3) is 5.56 Å². The highest BCUT2D eigenvalue weighted by atomic mass is 16.7. The van der Waals surface area contributed by atoms with E-state index in [0.717, 1.165) is 33.7 Å². The Balaban J connectivity index is 1.72. The van der Waals surface area contributed by atoms with Crippen LogP contribution in [-0.2, 0) is 11.3 Å². The number of aromatic amines is 1. The van der Waals surface area contributed by atoms with Gasteiger partial charge in [-0.15, -0.1) is 0 Å². The number of benzene rings is 2. The Hall–Kier alpha value is -3.52. The van der Waals surface area contributed by atoms with E-state index in [1.54, 1.807) is 5.48 Å². The number of ether oxygens (including phenoxy) is 2. The van der Waals surface area contributed by atoms with Gasteiger partial charge in [0, 0.05) is 35.2 Å². The minimum Gasteiger partial charge on any atom is -0.454 e. The van der Waals surface area contributed by atoms with Crippen molar-refractivity contribution in [2.75, 3.05) is 6.79 Å². The van der Waals surface area contributed by atoms with Crippen molar-refractivity contribution in [2.45, 2.75) is 25.8 Å².